The Kier molecular flexibility index (Phi) is 10.2. The van der Waals surface area contributed by atoms with E-state index in [0.717, 1.165) is 85.9 Å². The minimum Gasteiger partial charge on any atom is -0.484 e. The monoisotopic (exact) mass is 904 g/mol. The molecule has 3 unspecified atom stereocenters. The number of nitrogens with zero attached hydrogens (tertiary/aromatic N) is 4. The summed E-state index contributed by atoms with van der Waals surface area (Å²) < 4.78 is 16.0. The van der Waals surface area contributed by atoms with Crippen molar-refractivity contribution in [3.63, 3.8) is 0 Å². The number of rotatable bonds is 9. The molecule has 0 saturated carbocycles. The first-order valence-electron chi connectivity index (χ1n) is 24.3. The van der Waals surface area contributed by atoms with Crippen LogP contribution in [0.15, 0.2) is 217 Å². The molecule has 0 N–H and O–H groups in total. The topological polar surface area (TPSA) is 66.0 Å². The summed E-state index contributed by atoms with van der Waals surface area (Å²) in [4.78, 5) is 15.9. The number of fused-ring (bicyclic) bond motifs is 9. The lowest BCUT2D eigenvalue weighted by Gasteiger charge is -2.19. The van der Waals surface area contributed by atoms with Crippen molar-refractivity contribution in [2.24, 2.45) is 0 Å². The average Bonchev–Trinajstić information content (AvgIpc) is 4.10. The number of furan rings is 1. The average molecular weight is 905 g/mol. The zero-order valence-corrected chi connectivity index (χ0v) is 38.8. The highest BCUT2D eigenvalue weighted by atomic mass is 16.5. The number of ether oxygens (including phenoxy) is 1. The molecular formula is C64H48N4O2. The third kappa shape index (κ3) is 7.14. The first-order valence-corrected chi connectivity index (χ1v) is 24.3. The summed E-state index contributed by atoms with van der Waals surface area (Å²) in [6.07, 6.45) is 32.6. The minimum atomic E-state index is -0.263. The Bertz CT molecular complexity index is 3900. The van der Waals surface area contributed by atoms with Crippen LogP contribution in [-0.2, 0) is 0 Å². The summed E-state index contributed by atoms with van der Waals surface area (Å²) in [7, 11) is 0. The molecule has 4 heterocycles. The molecule has 0 bridgehead atoms. The quantitative estimate of drug-likeness (QED) is 0.135. The Hall–Kier alpha value is -8.61. The van der Waals surface area contributed by atoms with Crippen molar-refractivity contribution in [1.29, 1.82) is 0 Å². The summed E-state index contributed by atoms with van der Waals surface area (Å²) in [5, 5.41) is 4.62. The van der Waals surface area contributed by atoms with Gasteiger partial charge in [-0.1, -0.05) is 164 Å². The number of hydrogen-bond donors (Lipinski definition) is 0. The van der Waals surface area contributed by atoms with Gasteiger partial charge in [-0.15, -0.1) is 0 Å². The molecular weight excluding hydrogens is 857 g/mol. The fraction of sp³-hybridized carbons (Fsp3) is 0.109. The Balaban J connectivity index is 0.937. The lowest BCUT2D eigenvalue weighted by Crippen LogP contribution is -2.18. The summed E-state index contributed by atoms with van der Waals surface area (Å²) in [6.45, 7) is 6.01. The number of allylic oxidation sites excluding steroid dienone is 15. The summed E-state index contributed by atoms with van der Waals surface area (Å²) in [6, 6.07) is 43.2. The molecule has 6 aromatic carbocycles. The van der Waals surface area contributed by atoms with E-state index in [2.05, 4.69) is 188 Å². The van der Waals surface area contributed by atoms with Gasteiger partial charge in [0.15, 0.2) is 17.5 Å². The zero-order chi connectivity index (χ0) is 46.7. The van der Waals surface area contributed by atoms with E-state index in [9.17, 15) is 0 Å². The van der Waals surface area contributed by atoms with Gasteiger partial charge in [0.1, 0.15) is 23.0 Å². The molecule has 0 saturated heterocycles. The Morgan fingerprint density at radius 3 is 2.39 bits per heavy atom. The molecule has 336 valence electrons. The minimum absolute atomic E-state index is 0.0213. The molecule has 3 atom stereocenters. The molecule has 3 aliphatic carbocycles. The molecule has 70 heavy (non-hydrogen) atoms. The Labute approximate surface area is 406 Å². The zero-order valence-electron chi connectivity index (χ0n) is 38.8. The van der Waals surface area contributed by atoms with Gasteiger partial charge in [-0.05, 0) is 91.4 Å². The van der Waals surface area contributed by atoms with Gasteiger partial charge in [-0.2, -0.15) is 0 Å². The van der Waals surface area contributed by atoms with Gasteiger partial charge in [-0.3, -0.25) is 0 Å². The van der Waals surface area contributed by atoms with Crippen LogP contribution >= 0.6 is 0 Å². The Morgan fingerprint density at radius 2 is 1.51 bits per heavy atom. The highest BCUT2D eigenvalue weighted by molar-refractivity contribution is 6.15. The van der Waals surface area contributed by atoms with E-state index in [1.165, 1.54) is 38.6 Å². The maximum atomic E-state index is 7.15. The third-order valence-electron chi connectivity index (χ3n) is 14.3. The molecule has 0 spiro atoms. The standard InChI is InChI=1S/C64H48N4O2/c1-3-4-7-18-40(2)44-35-45(41-19-8-5-9-20-41)37-46(36-44)64-66-62(42-31-33-50-49-24-13-15-30-57(49)69-58(50)38-42)65-63(67-64)43-32-34-51-54-27-17-28-55(61(54)70-59(51)39-43)53-26-16-25-52-48-23-12-14-29-56(48)68(60(52)53)47-21-10-6-11-22-47/h3-10,12-19,21,23-39,41,51,59H,1,11,20,22H2,2H3/b7-4-,40-18+. The first-order chi connectivity index (χ1) is 34.6. The number of hydrogen-bond acceptors (Lipinski definition) is 5. The lowest BCUT2D eigenvalue weighted by atomic mass is 9.88. The molecule has 1 aliphatic heterocycles. The van der Waals surface area contributed by atoms with Crippen molar-refractivity contribution in [2.75, 3.05) is 0 Å². The first kappa shape index (κ1) is 41.6. The summed E-state index contributed by atoms with van der Waals surface area (Å²) in [5.74, 6) is 2.90. The molecule has 6 nitrogen and oxygen atoms in total. The second kappa shape index (κ2) is 17.2. The van der Waals surface area contributed by atoms with Crippen LogP contribution in [0.3, 0.4) is 0 Å². The smallest absolute Gasteiger partial charge is 0.164 e. The van der Waals surface area contributed by atoms with E-state index in [-0.39, 0.29) is 17.9 Å². The lowest BCUT2D eigenvalue weighted by molar-refractivity contribution is 0.270. The van der Waals surface area contributed by atoms with Gasteiger partial charge < -0.3 is 13.7 Å². The number of aromatic nitrogens is 4. The summed E-state index contributed by atoms with van der Waals surface area (Å²) >= 11 is 0. The number of para-hydroxylation sites is 4. The van der Waals surface area contributed by atoms with Crippen LogP contribution in [-0.4, -0.2) is 25.6 Å². The highest BCUT2D eigenvalue weighted by Crippen LogP contribution is 2.50. The molecule has 0 fully saturated rings. The van der Waals surface area contributed by atoms with Gasteiger partial charge in [0.25, 0.3) is 0 Å². The van der Waals surface area contributed by atoms with E-state index < -0.39 is 0 Å². The molecule has 9 aromatic rings. The predicted molar refractivity (Wildman–Crippen MR) is 288 cm³/mol. The van der Waals surface area contributed by atoms with Crippen LogP contribution in [0.1, 0.15) is 60.5 Å². The molecule has 0 amide bonds. The van der Waals surface area contributed by atoms with Crippen LogP contribution < -0.4 is 4.74 Å². The van der Waals surface area contributed by atoms with Crippen molar-refractivity contribution in [3.05, 3.63) is 235 Å². The summed E-state index contributed by atoms with van der Waals surface area (Å²) in [5.41, 5.74) is 14.9. The maximum absolute atomic E-state index is 7.15. The van der Waals surface area contributed by atoms with Crippen molar-refractivity contribution in [3.8, 4) is 39.7 Å². The SMILES string of the molecule is C=C/C=C\C=C(/C)c1cc(-c2nc(C3=CC4Oc5c(-c6cccc7c8ccccc8n(C8=CC=CCC8)c67)cccc5C4C=C3)nc(-c3ccc4c(c3)oc3ccccc34)n2)cc(C2C=CC=CC2)c1. The second-order valence-corrected chi connectivity index (χ2v) is 18.6. The van der Waals surface area contributed by atoms with E-state index in [0.29, 0.717) is 17.5 Å². The van der Waals surface area contributed by atoms with Crippen molar-refractivity contribution in [1.82, 2.24) is 19.5 Å². The normalized spacial score (nSPS) is 18.5. The predicted octanol–water partition coefficient (Wildman–Crippen LogP) is 16.3. The van der Waals surface area contributed by atoms with E-state index in [1.54, 1.807) is 6.08 Å². The van der Waals surface area contributed by atoms with Crippen molar-refractivity contribution < 1.29 is 9.15 Å². The molecule has 4 aliphatic rings. The Morgan fingerprint density at radius 1 is 0.700 bits per heavy atom. The van der Waals surface area contributed by atoms with E-state index in [4.69, 9.17) is 24.1 Å². The van der Waals surface area contributed by atoms with Gasteiger partial charge in [0, 0.05) is 72.5 Å². The van der Waals surface area contributed by atoms with Crippen molar-refractivity contribution >= 4 is 60.6 Å². The van der Waals surface area contributed by atoms with Crippen LogP contribution in [0.5, 0.6) is 5.75 Å². The van der Waals surface area contributed by atoms with E-state index >= 15 is 0 Å². The number of benzene rings is 6. The van der Waals surface area contributed by atoms with Gasteiger partial charge in [0.2, 0.25) is 0 Å². The van der Waals surface area contributed by atoms with Crippen LogP contribution in [0.2, 0.25) is 0 Å². The largest absolute Gasteiger partial charge is 0.484 e. The van der Waals surface area contributed by atoms with Gasteiger partial charge in [0.05, 0.1) is 11.0 Å². The maximum Gasteiger partial charge on any atom is 0.164 e. The molecule has 6 heteroatoms. The van der Waals surface area contributed by atoms with Crippen LogP contribution in [0.4, 0.5) is 0 Å². The van der Waals surface area contributed by atoms with Gasteiger partial charge in [-0.25, -0.2) is 15.0 Å². The molecule has 3 aromatic heterocycles. The van der Waals surface area contributed by atoms with Gasteiger partial charge >= 0.3 is 0 Å². The highest BCUT2D eigenvalue weighted by Gasteiger charge is 2.36. The van der Waals surface area contributed by atoms with Crippen molar-refractivity contribution in [2.45, 2.75) is 44.1 Å². The second-order valence-electron chi connectivity index (χ2n) is 18.6. The van der Waals surface area contributed by atoms with Crippen LogP contribution in [0, 0.1) is 0 Å². The molecule has 13 rings (SSSR count). The third-order valence-corrected chi connectivity index (χ3v) is 14.3. The van der Waals surface area contributed by atoms with E-state index in [1.807, 2.05) is 30.4 Å². The fourth-order valence-corrected chi connectivity index (χ4v) is 10.9. The molecule has 0 radical (unpaired) electrons. The fourth-order valence-electron chi connectivity index (χ4n) is 10.9. The van der Waals surface area contributed by atoms with Crippen LogP contribution in [0.25, 0.3) is 94.5 Å².